The molecule has 0 bridgehead atoms. The summed E-state index contributed by atoms with van der Waals surface area (Å²) in [6.07, 6.45) is 0. The van der Waals surface area contributed by atoms with Crippen LogP contribution in [0, 0.1) is 12.8 Å². The minimum Gasteiger partial charge on any atom is -0.118 e. The van der Waals surface area contributed by atoms with Crippen molar-refractivity contribution in [2.24, 2.45) is 0 Å². The third kappa shape index (κ3) is 4.87. The van der Waals surface area contributed by atoms with E-state index in [1.165, 1.54) is 0 Å². The summed E-state index contributed by atoms with van der Waals surface area (Å²) in [6, 6.07) is 0. The fourth-order valence-electron chi connectivity index (χ4n) is 2.98. The molecule has 0 unspecified atom stereocenters. The highest BCUT2D eigenvalue weighted by molar-refractivity contribution is 6.57. The lowest BCUT2D eigenvalue weighted by atomic mass is 9.84. The molecule has 3 rings (SSSR count). The molecule has 0 fully saturated rings. The summed E-state index contributed by atoms with van der Waals surface area (Å²) in [5.74, 6) is 0.0183. The van der Waals surface area contributed by atoms with Crippen LogP contribution in [0.2, 0.25) is 70.3 Å². The summed E-state index contributed by atoms with van der Waals surface area (Å²) in [7, 11) is 0. The van der Waals surface area contributed by atoms with Crippen molar-refractivity contribution in [3.63, 3.8) is 0 Å². The minimum absolute atomic E-state index is 0.000718. The summed E-state index contributed by atoms with van der Waals surface area (Å²) in [5, 5.41) is -1.13. The molecule has 34 heavy (non-hydrogen) atoms. The Hall–Kier alpha value is 1.59. The first kappa shape index (κ1) is 30.1. The van der Waals surface area contributed by atoms with Crippen molar-refractivity contribution >= 4 is 162 Å². The van der Waals surface area contributed by atoms with Crippen LogP contribution in [-0.4, -0.2) is 0 Å². The Morgan fingerprint density at radius 2 is 0.471 bits per heavy atom. The Morgan fingerprint density at radius 1 is 0.294 bits per heavy atom. The third-order valence-corrected chi connectivity index (χ3v) is 11.1. The van der Waals surface area contributed by atoms with Gasteiger partial charge in [0.15, 0.2) is 0 Å². The van der Waals surface area contributed by atoms with Gasteiger partial charge in [-0.05, 0) is 29.2 Å². The van der Waals surface area contributed by atoms with E-state index in [4.69, 9.17) is 162 Å². The summed E-state index contributed by atoms with van der Waals surface area (Å²) in [6.45, 7) is 1.62. The van der Waals surface area contributed by atoms with E-state index in [0.29, 0.717) is 5.56 Å². The monoisotopic (exact) mass is 733 g/mol. The lowest BCUT2D eigenvalue weighted by Crippen LogP contribution is -2.12. The van der Waals surface area contributed by atoms with E-state index < -0.39 is 0 Å². The molecule has 0 saturated carbocycles. The molecule has 0 saturated heterocycles. The maximum absolute atomic E-state index is 6.65. The predicted molar refractivity (Wildman–Crippen MR) is 155 cm³/mol. The zero-order chi connectivity index (χ0) is 26.0. The number of benzene rings is 3. The molecule has 0 aliphatic carbocycles. The zero-order valence-electron chi connectivity index (χ0n) is 15.8. The van der Waals surface area contributed by atoms with Gasteiger partial charge in [0.25, 0.3) is 0 Å². The largest absolute Gasteiger partial charge is 0.118 e. The molecule has 0 aliphatic heterocycles. The number of hydrogen-bond acceptors (Lipinski definition) is 0. The molecule has 0 spiro atoms. The molecule has 3 aromatic rings. The van der Waals surface area contributed by atoms with Gasteiger partial charge in [-0.1, -0.05) is 98.7 Å². The predicted octanol–water partition coefficient (Wildman–Crippen LogP) is 14.2. The van der Waals surface area contributed by atoms with Crippen LogP contribution in [0.1, 0.15) is 22.3 Å². The maximum Gasteiger partial charge on any atom is 0.0700 e. The van der Waals surface area contributed by atoms with Crippen LogP contribution in [0.4, 0.5) is 0 Å². The van der Waals surface area contributed by atoms with Gasteiger partial charge in [-0.2, -0.15) is 0 Å². The van der Waals surface area contributed by atoms with Gasteiger partial charge >= 0.3 is 0 Å². The molecule has 182 valence electrons. The summed E-state index contributed by atoms with van der Waals surface area (Å²) in [4.78, 5) is 0. The van der Waals surface area contributed by atoms with E-state index in [1.54, 1.807) is 6.92 Å². The Morgan fingerprint density at radius 3 is 0.706 bits per heavy atom. The van der Waals surface area contributed by atoms with E-state index in [2.05, 4.69) is 0 Å². The molecule has 0 nitrogen and oxygen atoms in total. The molecule has 14 heteroatoms. The van der Waals surface area contributed by atoms with Crippen molar-refractivity contribution in [1.29, 1.82) is 0 Å². The maximum atomic E-state index is 6.65. The number of halogens is 14. The fraction of sp³-hybridized carbons (Fsp3) is 0.0500. The summed E-state index contributed by atoms with van der Waals surface area (Å²) < 4.78 is 0. The van der Waals surface area contributed by atoms with E-state index in [-0.39, 0.29) is 92.9 Å². The Bertz CT molecular complexity index is 1110. The van der Waals surface area contributed by atoms with Gasteiger partial charge in [0.1, 0.15) is 0 Å². The normalized spacial score (nSPS) is 11.4. The summed E-state index contributed by atoms with van der Waals surface area (Å²) in [5.41, 5.74) is 0.456. The highest BCUT2D eigenvalue weighted by Crippen LogP contribution is 2.57. The van der Waals surface area contributed by atoms with Crippen LogP contribution < -0.4 is 0 Å². The Kier molecular flexibility index (Phi) is 10.1. The van der Waals surface area contributed by atoms with E-state index in [1.807, 2.05) is 0 Å². The van der Waals surface area contributed by atoms with Crippen LogP contribution in [0.25, 0.3) is 0 Å². The first-order chi connectivity index (χ1) is 15.7. The zero-order valence-corrected chi connectivity index (χ0v) is 26.4. The second-order valence-electron chi connectivity index (χ2n) is 6.52. The lowest BCUT2D eigenvalue weighted by molar-refractivity contribution is 1.22. The molecule has 0 radical (unpaired) electrons. The van der Waals surface area contributed by atoms with Crippen molar-refractivity contribution in [2.45, 2.75) is 6.92 Å². The number of rotatable bonds is 3. The standard InChI is InChI=1S/C20H3Cl14/c1-2-7(21)9(23)4(10(24)8(2)22)3(5-11(25)15(29)19(33)16(30)12(5)26)6-13(27)17(31)20(34)18(32)14(6)28/h1H3/q-1. The van der Waals surface area contributed by atoms with Crippen LogP contribution in [-0.2, 0) is 0 Å². The minimum atomic E-state index is -0.134. The topological polar surface area (TPSA) is 0 Å². The van der Waals surface area contributed by atoms with Crippen molar-refractivity contribution in [3.05, 3.63) is 98.5 Å². The highest BCUT2D eigenvalue weighted by Gasteiger charge is 2.32. The molecule has 0 amide bonds. The average Bonchev–Trinajstić information content (AvgIpc) is 2.81. The molecule has 0 aliphatic rings. The molecule has 0 aromatic heterocycles. The van der Waals surface area contributed by atoms with Crippen molar-refractivity contribution in [3.8, 4) is 0 Å². The van der Waals surface area contributed by atoms with Gasteiger partial charge in [0, 0.05) is 40.2 Å². The second-order valence-corrected chi connectivity index (χ2v) is 11.8. The first-order valence-electron chi connectivity index (χ1n) is 8.40. The van der Waals surface area contributed by atoms with Crippen molar-refractivity contribution in [1.82, 2.24) is 0 Å². The van der Waals surface area contributed by atoms with Gasteiger partial charge < -0.3 is 0 Å². The quantitative estimate of drug-likeness (QED) is 0.109. The van der Waals surface area contributed by atoms with Crippen LogP contribution in [0.15, 0.2) is 0 Å². The molecule has 3 aromatic carbocycles. The van der Waals surface area contributed by atoms with Crippen LogP contribution >= 0.6 is 162 Å². The SMILES string of the molecule is Cc1c(Cl)c(Cl)c([C-](c2c(Cl)c(Cl)c(Cl)c(Cl)c2Cl)c2c(Cl)c(Cl)c(Cl)c(Cl)c2Cl)c(Cl)c1Cl. The molecular weight excluding hydrogens is 737 g/mol. The van der Waals surface area contributed by atoms with Crippen molar-refractivity contribution in [2.75, 3.05) is 0 Å². The molecule has 0 N–H and O–H groups in total. The first-order valence-corrected chi connectivity index (χ1v) is 13.7. The van der Waals surface area contributed by atoms with Gasteiger partial charge in [0.05, 0.1) is 30.1 Å². The lowest BCUT2D eigenvalue weighted by Gasteiger charge is -2.33. The van der Waals surface area contributed by atoms with Gasteiger partial charge in [-0.3, -0.25) is 0 Å². The fourth-order valence-corrected chi connectivity index (χ4v) is 6.78. The smallest absolute Gasteiger partial charge is 0.0700 e. The molecular formula is C20H3Cl14-. The van der Waals surface area contributed by atoms with E-state index in [9.17, 15) is 0 Å². The third-order valence-electron chi connectivity index (χ3n) is 4.65. The van der Waals surface area contributed by atoms with Crippen LogP contribution in [0.3, 0.4) is 0 Å². The Balaban J connectivity index is 2.68. The van der Waals surface area contributed by atoms with E-state index >= 15 is 0 Å². The van der Waals surface area contributed by atoms with Gasteiger partial charge in [0.2, 0.25) is 0 Å². The van der Waals surface area contributed by atoms with Crippen LogP contribution in [0.5, 0.6) is 0 Å². The Labute approximate surface area is 265 Å². The average molecular weight is 740 g/mol. The van der Waals surface area contributed by atoms with E-state index in [0.717, 1.165) is 0 Å². The summed E-state index contributed by atoms with van der Waals surface area (Å²) >= 11 is 90.3. The number of hydrogen-bond donors (Lipinski definition) is 0. The molecule has 0 atom stereocenters. The van der Waals surface area contributed by atoms with Gasteiger partial charge in [-0.25, -0.2) is 0 Å². The molecule has 0 heterocycles. The second kappa shape index (κ2) is 11.4. The van der Waals surface area contributed by atoms with Gasteiger partial charge in [-0.15, -0.1) is 69.6 Å². The highest BCUT2D eigenvalue weighted by atomic mass is 35.5. The van der Waals surface area contributed by atoms with Crippen molar-refractivity contribution < 1.29 is 0 Å².